The topological polar surface area (TPSA) is 37.1 Å². The number of carbonyl (C=O) groups excluding carboxylic acids is 1. The molecule has 3 aromatic rings. The van der Waals surface area contributed by atoms with E-state index in [1.165, 1.54) is 22.6 Å². The minimum absolute atomic E-state index is 0.208. The third-order valence-corrected chi connectivity index (χ3v) is 7.72. The number of halogens is 2. The number of likely N-dealkylation sites (tertiary alicyclic amines) is 1. The van der Waals surface area contributed by atoms with Gasteiger partial charge in [-0.05, 0) is 30.5 Å². The quantitative estimate of drug-likeness (QED) is 0.362. The van der Waals surface area contributed by atoms with E-state index in [9.17, 15) is 4.79 Å². The second kappa shape index (κ2) is 9.47. The number of benzene rings is 1. The van der Waals surface area contributed by atoms with Crippen molar-refractivity contribution in [1.29, 1.82) is 0 Å². The first-order chi connectivity index (χ1) is 16.0. The van der Waals surface area contributed by atoms with E-state index < -0.39 is 0 Å². The summed E-state index contributed by atoms with van der Waals surface area (Å²) in [4.78, 5) is 19.8. The Labute approximate surface area is 208 Å². The predicted molar refractivity (Wildman–Crippen MR) is 133 cm³/mol. The number of carbonyl (C=O) groups is 1. The first-order valence-electron chi connectivity index (χ1n) is 11.5. The fraction of sp³-hybridized carbons (Fsp3) is 0.333. The van der Waals surface area contributed by atoms with Crippen LogP contribution in [0.3, 0.4) is 0 Å². The summed E-state index contributed by atoms with van der Waals surface area (Å²) in [6.45, 7) is 1.55. The second-order valence-electron chi connectivity index (χ2n) is 9.05. The van der Waals surface area contributed by atoms with Gasteiger partial charge in [0.1, 0.15) is 17.1 Å². The molecule has 4 nitrogen and oxygen atoms in total. The van der Waals surface area contributed by atoms with Gasteiger partial charge in [-0.2, -0.15) is 0 Å². The Morgan fingerprint density at radius 3 is 2.67 bits per heavy atom. The molecule has 1 fully saturated rings. The van der Waals surface area contributed by atoms with Crippen LogP contribution < -0.4 is 4.57 Å². The molecule has 0 bridgehead atoms. The molecule has 2 aliphatic rings. The Hall–Kier alpha value is -2.37. The van der Waals surface area contributed by atoms with E-state index in [-0.39, 0.29) is 5.91 Å². The average Bonchev–Trinajstić information content (AvgIpc) is 2.98. The number of piperidine rings is 1. The molecule has 33 heavy (non-hydrogen) atoms. The molecule has 6 heteroatoms. The zero-order chi connectivity index (χ0) is 22.9. The van der Waals surface area contributed by atoms with Crippen LogP contribution in [0.5, 0.6) is 0 Å². The first-order valence-corrected chi connectivity index (χ1v) is 12.7. The van der Waals surface area contributed by atoms with Crippen molar-refractivity contribution in [3.63, 3.8) is 0 Å². The van der Waals surface area contributed by atoms with Gasteiger partial charge in [0.05, 0.1) is 17.4 Å². The molecule has 3 heterocycles. The summed E-state index contributed by atoms with van der Waals surface area (Å²) < 4.78 is 3.02. The van der Waals surface area contributed by atoms with E-state index in [0.29, 0.717) is 12.3 Å². The van der Waals surface area contributed by atoms with Gasteiger partial charge in [0.2, 0.25) is 5.91 Å². The Balaban J connectivity index is 1.38. The van der Waals surface area contributed by atoms with Crippen LogP contribution in [0.1, 0.15) is 40.8 Å². The van der Waals surface area contributed by atoms with E-state index in [4.69, 9.17) is 16.6 Å². The zero-order valence-corrected chi connectivity index (χ0v) is 21.1. The van der Waals surface area contributed by atoms with Crippen LogP contribution in [0.25, 0.3) is 0 Å². The van der Waals surface area contributed by atoms with Crippen molar-refractivity contribution in [2.45, 2.75) is 32.1 Å². The van der Waals surface area contributed by atoms with Crippen LogP contribution in [0.2, 0.25) is 5.02 Å². The van der Waals surface area contributed by atoms with E-state index >= 15 is 0 Å². The van der Waals surface area contributed by atoms with Crippen LogP contribution in [-0.4, -0.2) is 28.9 Å². The Morgan fingerprint density at radius 2 is 1.91 bits per heavy atom. The lowest BCUT2D eigenvalue weighted by Crippen LogP contribution is -2.41. The summed E-state index contributed by atoms with van der Waals surface area (Å²) in [6, 6.07) is 12.4. The van der Waals surface area contributed by atoms with Crippen molar-refractivity contribution in [2.24, 2.45) is 13.0 Å². The Bertz CT molecular complexity index is 1170. The third-order valence-electron chi connectivity index (χ3n) is 6.87. The number of aromatic nitrogens is 2. The lowest BCUT2D eigenvalue weighted by Gasteiger charge is -2.34. The normalized spacial score (nSPS) is 16.2. The van der Waals surface area contributed by atoms with E-state index in [1.807, 2.05) is 59.4 Å². The number of hydrogen-bond acceptors (Lipinski definition) is 2. The molecular weight excluding hydrogens is 498 g/mol. The maximum atomic E-state index is 13.0. The number of aryl methyl sites for hydroxylation is 3. The van der Waals surface area contributed by atoms with Gasteiger partial charge >= 0.3 is 0 Å². The molecule has 5 rings (SSSR count). The second-order valence-corrected chi connectivity index (χ2v) is 10.3. The molecule has 168 valence electrons. The highest BCUT2D eigenvalue weighted by atomic mass is 79.9. The number of nitrogens with zero attached hydrogens (tertiary/aromatic N) is 3. The Kier molecular flexibility index (Phi) is 6.44. The molecule has 1 aromatic carbocycles. The van der Waals surface area contributed by atoms with Crippen LogP contribution in [-0.2, 0) is 31.1 Å². The fourth-order valence-corrected chi connectivity index (χ4v) is 6.23. The van der Waals surface area contributed by atoms with Gasteiger partial charge in [0.15, 0.2) is 18.1 Å². The highest BCUT2D eigenvalue weighted by Gasteiger charge is 2.41. The molecule has 0 unspecified atom stereocenters. The standard InChI is InChI=1S/C27H27BrClN3O/c1-31-11-6-18(7-12-31)15-24(33)32-13-8-19(9-14-32)26-25-21(16-22(29)17-23(25)28)5-4-20-3-2-10-30-27(20)26/h2-3,6-7,10-12,16-17,19H,4-5,8-9,13-15H2,1H3/q+2. The molecule has 1 saturated heterocycles. The number of amides is 1. The van der Waals surface area contributed by atoms with Crippen LogP contribution in [0, 0.1) is 11.8 Å². The van der Waals surface area contributed by atoms with Gasteiger partial charge in [0.25, 0.3) is 0 Å². The zero-order valence-electron chi connectivity index (χ0n) is 18.7. The van der Waals surface area contributed by atoms with Crippen molar-refractivity contribution in [3.8, 4) is 0 Å². The van der Waals surface area contributed by atoms with Gasteiger partial charge in [-0.25, -0.2) is 9.55 Å². The number of pyridine rings is 2. The summed E-state index contributed by atoms with van der Waals surface area (Å²) in [5, 5.41) is 0.758. The number of fused-ring (bicyclic) bond motifs is 2. The largest absolute Gasteiger partial charge is 0.342 e. The highest BCUT2D eigenvalue weighted by molar-refractivity contribution is 9.10. The van der Waals surface area contributed by atoms with Gasteiger partial charge < -0.3 is 4.90 Å². The number of rotatable bonds is 3. The minimum atomic E-state index is 0.208. The Morgan fingerprint density at radius 1 is 1.18 bits per heavy atom. The molecule has 2 aromatic heterocycles. The van der Waals surface area contributed by atoms with Crippen molar-refractivity contribution in [2.75, 3.05) is 13.1 Å². The summed E-state index contributed by atoms with van der Waals surface area (Å²) in [6.07, 6.45) is 10.1. The smallest absolute Gasteiger partial charge is 0.226 e. The van der Waals surface area contributed by atoms with Gasteiger partial charge in [-0.15, -0.1) is 0 Å². The summed E-state index contributed by atoms with van der Waals surface area (Å²) in [7, 11) is 1.99. The molecule has 1 aliphatic heterocycles. The summed E-state index contributed by atoms with van der Waals surface area (Å²) in [5.74, 6) is 1.87. The monoisotopic (exact) mass is 523 g/mol. The molecule has 0 radical (unpaired) electrons. The van der Waals surface area contributed by atoms with Crippen molar-refractivity contribution in [3.05, 3.63) is 98.3 Å². The molecule has 1 aliphatic carbocycles. The van der Waals surface area contributed by atoms with Crippen LogP contribution >= 0.6 is 27.5 Å². The summed E-state index contributed by atoms with van der Waals surface area (Å²) in [5.41, 5.74) is 5.99. The SMILES string of the molecule is C[n+]1ccc(CC(=O)N2CCC([C+]3c4ncccc4CCc4cc(Cl)cc(Br)c43)CC2)cc1. The van der Waals surface area contributed by atoms with Crippen molar-refractivity contribution in [1.82, 2.24) is 9.88 Å². The van der Waals surface area contributed by atoms with E-state index in [2.05, 4.69) is 28.1 Å². The first kappa shape index (κ1) is 22.4. The highest BCUT2D eigenvalue weighted by Crippen LogP contribution is 2.45. The molecule has 0 atom stereocenters. The van der Waals surface area contributed by atoms with Gasteiger partial charge in [0, 0.05) is 89.4 Å². The van der Waals surface area contributed by atoms with E-state index in [1.54, 1.807) is 0 Å². The summed E-state index contributed by atoms with van der Waals surface area (Å²) >= 11 is 10.2. The predicted octanol–water partition coefficient (Wildman–Crippen LogP) is 4.87. The van der Waals surface area contributed by atoms with Gasteiger partial charge in [-0.3, -0.25) is 4.79 Å². The van der Waals surface area contributed by atoms with Gasteiger partial charge in [-0.1, -0.05) is 11.6 Å². The lowest BCUT2D eigenvalue weighted by atomic mass is 9.76. The molecule has 0 saturated carbocycles. The van der Waals surface area contributed by atoms with Crippen molar-refractivity contribution < 1.29 is 9.36 Å². The van der Waals surface area contributed by atoms with E-state index in [0.717, 1.165) is 59.5 Å². The van der Waals surface area contributed by atoms with Crippen LogP contribution in [0.4, 0.5) is 0 Å². The minimum Gasteiger partial charge on any atom is -0.342 e. The van der Waals surface area contributed by atoms with Crippen LogP contribution in [0.15, 0.2) is 59.5 Å². The maximum Gasteiger partial charge on any atom is 0.226 e. The number of hydrogen-bond donors (Lipinski definition) is 0. The molecular formula is C27H27BrClN3O+2. The third kappa shape index (κ3) is 4.67. The average molecular weight is 525 g/mol. The maximum absolute atomic E-state index is 13.0. The molecule has 0 N–H and O–H groups in total. The molecule has 1 amide bonds. The lowest BCUT2D eigenvalue weighted by molar-refractivity contribution is -0.671. The fourth-order valence-electron chi connectivity index (χ4n) is 5.15. The molecule has 0 spiro atoms. The van der Waals surface area contributed by atoms with Crippen molar-refractivity contribution >= 4 is 33.4 Å².